The van der Waals surface area contributed by atoms with Crippen LogP contribution in [-0.4, -0.2) is 41.0 Å². The van der Waals surface area contributed by atoms with Gasteiger partial charge in [0.1, 0.15) is 5.69 Å². The molecule has 0 bridgehead atoms. The number of nitrogens with one attached hydrogen (secondary N) is 1. The van der Waals surface area contributed by atoms with Gasteiger partial charge in [-0.3, -0.25) is 4.79 Å². The van der Waals surface area contributed by atoms with Gasteiger partial charge >= 0.3 is 5.97 Å². The van der Waals surface area contributed by atoms with Gasteiger partial charge < -0.3 is 19.5 Å². The van der Waals surface area contributed by atoms with Gasteiger partial charge in [0.05, 0.1) is 38.5 Å². The first-order chi connectivity index (χ1) is 13.6. The number of methoxy groups -OCH3 is 2. The molecule has 3 aromatic rings. The summed E-state index contributed by atoms with van der Waals surface area (Å²) in [6, 6.07) is 10.4. The van der Waals surface area contributed by atoms with E-state index in [0.717, 1.165) is 0 Å². The number of nitrogens with zero attached hydrogens (tertiary/aromatic N) is 3. The normalized spacial score (nSPS) is 10.1. The molecule has 2 heterocycles. The molecular weight excluding hydrogens is 364 g/mol. The molecule has 1 N–H and O–H groups in total. The number of amides is 1. The Balaban J connectivity index is 1.65. The third kappa shape index (κ3) is 4.39. The molecule has 0 saturated carbocycles. The van der Waals surface area contributed by atoms with Gasteiger partial charge in [-0.25, -0.2) is 19.7 Å². The molecule has 3 rings (SSSR count). The maximum Gasteiger partial charge on any atom is 0.358 e. The SMILES string of the molecule is COC(=O)c1cnc(C(=O)Nc2ccc(Oc3ccccc3OC)nc2)cn1. The Bertz CT molecular complexity index is 974. The molecule has 0 atom stereocenters. The van der Waals surface area contributed by atoms with Crippen molar-refractivity contribution in [1.82, 2.24) is 15.0 Å². The summed E-state index contributed by atoms with van der Waals surface area (Å²) >= 11 is 0. The van der Waals surface area contributed by atoms with E-state index in [1.54, 1.807) is 31.4 Å². The predicted molar refractivity (Wildman–Crippen MR) is 98.6 cm³/mol. The minimum atomic E-state index is -0.630. The molecule has 1 aromatic carbocycles. The zero-order valence-electron chi connectivity index (χ0n) is 15.1. The summed E-state index contributed by atoms with van der Waals surface area (Å²) in [6.45, 7) is 0. The van der Waals surface area contributed by atoms with E-state index in [1.807, 2.05) is 12.1 Å². The van der Waals surface area contributed by atoms with Gasteiger partial charge in [-0.1, -0.05) is 12.1 Å². The number of hydrogen-bond donors (Lipinski definition) is 1. The van der Waals surface area contributed by atoms with E-state index in [1.165, 1.54) is 25.7 Å². The molecule has 2 aromatic heterocycles. The van der Waals surface area contributed by atoms with Crippen LogP contribution in [0.5, 0.6) is 17.4 Å². The van der Waals surface area contributed by atoms with Crippen LogP contribution in [0.2, 0.25) is 0 Å². The number of aromatic nitrogens is 3. The number of pyridine rings is 1. The first kappa shape index (κ1) is 18.8. The predicted octanol–water partition coefficient (Wildman–Crippen LogP) is 2.71. The Morgan fingerprint density at radius 2 is 1.57 bits per heavy atom. The molecule has 9 heteroatoms. The lowest BCUT2D eigenvalue weighted by atomic mass is 10.3. The van der Waals surface area contributed by atoms with Crippen LogP contribution in [0.4, 0.5) is 5.69 Å². The average Bonchev–Trinajstić information content (AvgIpc) is 2.75. The van der Waals surface area contributed by atoms with Gasteiger partial charge in [0, 0.05) is 6.07 Å². The van der Waals surface area contributed by atoms with Gasteiger partial charge in [0.15, 0.2) is 17.2 Å². The molecule has 9 nitrogen and oxygen atoms in total. The van der Waals surface area contributed by atoms with Gasteiger partial charge in [-0.15, -0.1) is 0 Å². The van der Waals surface area contributed by atoms with Crippen LogP contribution >= 0.6 is 0 Å². The summed E-state index contributed by atoms with van der Waals surface area (Å²) in [5.41, 5.74) is 0.497. The highest BCUT2D eigenvalue weighted by molar-refractivity contribution is 6.02. The average molecular weight is 380 g/mol. The van der Waals surface area contributed by atoms with Gasteiger partial charge in [0.25, 0.3) is 5.91 Å². The molecule has 0 aliphatic heterocycles. The van der Waals surface area contributed by atoms with Gasteiger partial charge in [0.2, 0.25) is 5.88 Å². The molecule has 0 fully saturated rings. The number of hydrogen-bond acceptors (Lipinski definition) is 8. The molecule has 0 saturated heterocycles. The Hall–Kier alpha value is -4.01. The van der Waals surface area contributed by atoms with Crippen molar-refractivity contribution in [2.75, 3.05) is 19.5 Å². The highest BCUT2D eigenvalue weighted by Crippen LogP contribution is 2.30. The lowest BCUT2D eigenvalue weighted by Gasteiger charge is -2.10. The molecule has 0 radical (unpaired) electrons. The third-order valence-corrected chi connectivity index (χ3v) is 3.56. The molecule has 28 heavy (non-hydrogen) atoms. The smallest absolute Gasteiger partial charge is 0.358 e. The summed E-state index contributed by atoms with van der Waals surface area (Å²) in [6.07, 6.45) is 3.80. The second kappa shape index (κ2) is 8.58. The van der Waals surface area contributed by atoms with Crippen molar-refractivity contribution >= 4 is 17.6 Å². The van der Waals surface area contributed by atoms with E-state index < -0.39 is 11.9 Å². The second-order valence-corrected chi connectivity index (χ2v) is 5.37. The van der Waals surface area contributed by atoms with Crippen molar-refractivity contribution in [3.63, 3.8) is 0 Å². The Labute approximate surface area is 160 Å². The van der Waals surface area contributed by atoms with Crippen molar-refractivity contribution < 1.29 is 23.8 Å². The molecule has 1 amide bonds. The number of anilines is 1. The Morgan fingerprint density at radius 3 is 2.18 bits per heavy atom. The van der Waals surface area contributed by atoms with Crippen molar-refractivity contribution in [3.8, 4) is 17.4 Å². The molecule has 0 unspecified atom stereocenters. The zero-order chi connectivity index (χ0) is 19.9. The number of carbonyl (C=O) groups excluding carboxylic acids is 2. The van der Waals surface area contributed by atoms with Crippen LogP contribution in [0.1, 0.15) is 21.0 Å². The number of para-hydroxylation sites is 2. The van der Waals surface area contributed by atoms with Crippen LogP contribution < -0.4 is 14.8 Å². The minimum Gasteiger partial charge on any atom is -0.493 e. The standard InChI is InChI=1S/C19H16N4O5/c1-26-15-5-3-4-6-16(15)28-17-8-7-12(9-22-17)23-18(24)13-10-21-14(11-20-13)19(25)27-2/h3-11H,1-2H3,(H,23,24). The van der Waals surface area contributed by atoms with E-state index in [4.69, 9.17) is 9.47 Å². The summed E-state index contributed by atoms with van der Waals surface area (Å²) in [4.78, 5) is 35.5. The van der Waals surface area contributed by atoms with Crippen molar-refractivity contribution in [2.45, 2.75) is 0 Å². The molecule has 0 spiro atoms. The van der Waals surface area contributed by atoms with Crippen LogP contribution in [-0.2, 0) is 4.74 Å². The van der Waals surface area contributed by atoms with E-state index in [0.29, 0.717) is 23.1 Å². The number of ether oxygens (including phenoxy) is 3. The van der Waals surface area contributed by atoms with E-state index in [-0.39, 0.29) is 11.4 Å². The largest absolute Gasteiger partial charge is 0.493 e. The van der Waals surface area contributed by atoms with Gasteiger partial charge in [-0.05, 0) is 18.2 Å². The second-order valence-electron chi connectivity index (χ2n) is 5.37. The van der Waals surface area contributed by atoms with Crippen molar-refractivity contribution in [2.24, 2.45) is 0 Å². The third-order valence-electron chi connectivity index (χ3n) is 3.56. The monoisotopic (exact) mass is 380 g/mol. The van der Waals surface area contributed by atoms with Crippen LogP contribution in [0.3, 0.4) is 0 Å². The molecule has 0 aliphatic carbocycles. The fourth-order valence-electron chi connectivity index (χ4n) is 2.18. The van der Waals surface area contributed by atoms with E-state index in [9.17, 15) is 9.59 Å². The number of benzene rings is 1. The van der Waals surface area contributed by atoms with Crippen LogP contribution in [0.25, 0.3) is 0 Å². The summed E-state index contributed by atoms with van der Waals surface area (Å²) < 4.78 is 15.4. The lowest BCUT2D eigenvalue weighted by Crippen LogP contribution is -2.15. The van der Waals surface area contributed by atoms with Crippen LogP contribution in [0.15, 0.2) is 55.0 Å². The Morgan fingerprint density at radius 1 is 0.857 bits per heavy atom. The van der Waals surface area contributed by atoms with Gasteiger partial charge in [-0.2, -0.15) is 0 Å². The van der Waals surface area contributed by atoms with Crippen molar-refractivity contribution in [1.29, 1.82) is 0 Å². The Kier molecular flexibility index (Phi) is 5.75. The van der Waals surface area contributed by atoms with Crippen molar-refractivity contribution in [3.05, 3.63) is 66.4 Å². The minimum absolute atomic E-state index is 0.0126. The lowest BCUT2D eigenvalue weighted by molar-refractivity contribution is 0.0593. The maximum absolute atomic E-state index is 12.2. The summed E-state index contributed by atoms with van der Waals surface area (Å²) in [5.74, 6) is 0.314. The highest BCUT2D eigenvalue weighted by atomic mass is 16.5. The zero-order valence-corrected chi connectivity index (χ0v) is 15.1. The topological polar surface area (TPSA) is 113 Å². The van der Waals surface area contributed by atoms with Crippen LogP contribution in [0, 0.1) is 0 Å². The first-order valence-electron chi connectivity index (χ1n) is 8.09. The summed E-state index contributed by atoms with van der Waals surface area (Å²) in [7, 11) is 2.79. The number of rotatable bonds is 6. The maximum atomic E-state index is 12.2. The molecule has 142 valence electrons. The van der Waals surface area contributed by atoms with E-state index >= 15 is 0 Å². The van der Waals surface area contributed by atoms with E-state index in [2.05, 4.69) is 25.0 Å². The summed E-state index contributed by atoms with van der Waals surface area (Å²) in [5, 5.41) is 2.63. The highest BCUT2D eigenvalue weighted by Gasteiger charge is 2.12. The number of esters is 1. The fourth-order valence-corrected chi connectivity index (χ4v) is 2.18. The fraction of sp³-hybridized carbons (Fsp3) is 0.105. The first-order valence-corrected chi connectivity index (χ1v) is 8.09. The quantitative estimate of drug-likeness (QED) is 0.650. The number of carbonyl (C=O) groups is 2. The molecular formula is C19H16N4O5. The molecule has 0 aliphatic rings.